The molecule has 2 N–H and O–H groups in total. The van der Waals surface area contributed by atoms with Crippen LogP contribution < -0.4 is 14.8 Å². The number of imide groups is 1. The minimum absolute atomic E-state index is 0.0538. The molecule has 3 amide bonds. The average Bonchev–Trinajstić information content (AvgIpc) is 3.05. The minimum Gasteiger partial charge on any atom is -0.495 e. The van der Waals surface area contributed by atoms with Crippen molar-refractivity contribution in [3.05, 3.63) is 59.6 Å². The summed E-state index contributed by atoms with van der Waals surface area (Å²) in [5.41, 5.74) is 0.366. The maximum Gasteiger partial charge on any atom is 0.263 e. The van der Waals surface area contributed by atoms with Gasteiger partial charge in [-0.3, -0.25) is 24.0 Å². The molecule has 0 unspecified atom stereocenters. The van der Waals surface area contributed by atoms with Crippen LogP contribution in [0.5, 0.6) is 5.75 Å². The predicted molar refractivity (Wildman–Crippen MR) is 126 cm³/mol. The topological polar surface area (TPSA) is 122 Å². The van der Waals surface area contributed by atoms with Crippen LogP contribution in [0.2, 0.25) is 5.02 Å². The van der Waals surface area contributed by atoms with Crippen molar-refractivity contribution in [2.24, 2.45) is 11.8 Å². The fourth-order valence-electron chi connectivity index (χ4n) is 4.08. The third-order valence-corrected chi connectivity index (χ3v) is 7.60. The molecule has 1 heterocycles. The minimum atomic E-state index is -4.13. The van der Waals surface area contributed by atoms with Crippen LogP contribution in [0.15, 0.2) is 59.5 Å². The average molecular weight is 504 g/mol. The number of ether oxygens (including phenoxy) is 1. The molecule has 2 atom stereocenters. The number of sulfonamides is 1. The molecule has 178 valence electrons. The third-order valence-electron chi connectivity index (χ3n) is 5.76. The van der Waals surface area contributed by atoms with Crippen LogP contribution in [0.4, 0.5) is 11.4 Å². The van der Waals surface area contributed by atoms with Crippen LogP contribution in [0.3, 0.4) is 0 Å². The Morgan fingerprint density at radius 3 is 2.38 bits per heavy atom. The van der Waals surface area contributed by atoms with Crippen molar-refractivity contribution >= 4 is 50.7 Å². The van der Waals surface area contributed by atoms with E-state index in [1.807, 2.05) is 12.2 Å². The van der Waals surface area contributed by atoms with Crippen molar-refractivity contribution in [3.8, 4) is 5.75 Å². The molecule has 2 aromatic carbocycles. The maximum atomic E-state index is 13.0. The summed E-state index contributed by atoms with van der Waals surface area (Å²) < 4.78 is 33.5. The number of amides is 3. The molecule has 11 heteroatoms. The number of rotatable bonds is 7. The van der Waals surface area contributed by atoms with Gasteiger partial charge in [-0.05, 0) is 43.2 Å². The van der Waals surface area contributed by atoms with E-state index in [0.717, 1.165) is 4.90 Å². The normalized spacial score (nSPS) is 19.6. The van der Waals surface area contributed by atoms with Crippen LogP contribution in [0.1, 0.15) is 12.8 Å². The second-order valence-corrected chi connectivity index (χ2v) is 9.98. The van der Waals surface area contributed by atoms with Crippen molar-refractivity contribution in [3.63, 3.8) is 0 Å². The number of benzene rings is 2. The third kappa shape index (κ3) is 4.64. The number of carbonyl (C=O) groups excluding carboxylic acids is 3. The Bertz CT molecular complexity index is 1270. The van der Waals surface area contributed by atoms with Crippen LogP contribution >= 0.6 is 11.6 Å². The Labute approximate surface area is 201 Å². The lowest BCUT2D eigenvalue weighted by Crippen LogP contribution is -2.38. The standard InChI is InChI=1S/C23H22ClN3O6S/c1-33-19-9-5-4-8-18(19)26-34(31,32)20-12-14(10-11-17(20)24)25-21(28)13-27-22(29)15-6-2-3-7-16(15)23(27)30/h2-5,8-12,15-16,26H,6-7,13H2,1H3,(H,25,28)/t15-,16+. The fourth-order valence-corrected chi connectivity index (χ4v) is 5.68. The van der Waals surface area contributed by atoms with Crippen LogP contribution in [0.25, 0.3) is 0 Å². The van der Waals surface area contributed by atoms with E-state index in [9.17, 15) is 22.8 Å². The van der Waals surface area contributed by atoms with E-state index < -0.39 is 34.3 Å². The number of methoxy groups -OCH3 is 1. The quantitative estimate of drug-likeness (QED) is 0.442. The zero-order valence-electron chi connectivity index (χ0n) is 18.2. The van der Waals surface area contributed by atoms with Crippen LogP contribution in [-0.2, 0) is 24.4 Å². The molecular weight excluding hydrogens is 482 g/mol. The summed E-state index contributed by atoms with van der Waals surface area (Å²) in [5, 5.41) is 2.49. The van der Waals surface area contributed by atoms with Crippen molar-refractivity contribution in [1.82, 2.24) is 4.90 Å². The number of fused-ring (bicyclic) bond motifs is 1. The molecule has 0 spiro atoms. The first-order valence-electron chi connectivity index (χ1n) is 10.5. The number of hydrogen-bond acceptors (Lipinski definition) is 6. The Balaban J connectivity index is 1.49. The molecule has 9 nitrogen and oxygen atoms in total. The number of anilines is 2. The Kier molecular flexibility index (Phi) is 6.63. The van der Waals surface area contributed by atoms with Gasteiger partial charge in [0, 0.05) is 5.69 Å². The Morgan fingerprint density at radius 1 is 1.09 bits per heavy atom. The van der Waals surface area contributed by atoms with Gasteiger partial charge in [-0.15, -0.1) is 0 Å². The van der Waals surface area contributed by atoms with Gasteiger partial charge in [0.15, 0.2) is 0 Å². The highest BCUT2D eigenvalue weighted by Gasteiger charge is 2.47. The smallest absolute Gasteiger partial charge is 0.263 e. The molecule has 0 bridgehead atoms. The number of carbonyl (C=O) groups is 3. The van der Waals surface area contributed by atoms with Crippen molar-refractivity contribution in [2.45, 2.75) is 17.7 Å². The van der Waals surface area contributed by atoms with Gasteiger partial charge in [-0.2, -0.15) is 0 Å². The fraction of sp³-hybridized carbons (Fsp3) is 0.261. The lowest BCUT2D eigenvalue weighted by atomic mass is 9.85. The van der Waals surface area contributed by atoms with Gasteiger partial charge in [0.25, 0.3) is 10.0 Å². The van der Waals surface area contributed by atoms with Crippen LogP contribution in [0, 0.1) is 11.8 Å². The summed E-state index contributed by atoms with van der Waals surface area (Å²) in [6.45, 7) is -0.450. The molecule has 1 aliphatic carbocycles. The van der Waals surface area contributed by atoms with Gasteiger partial charge < -0.3 is 10.1 Å². The van der Waals surface area contributed by atoms with E-state index in [2.05, 4.69) is 10.0 Å². The van der Waals surface area contributed by atoms with Gasteiger partial charge in [0.2, 0.25) is 17.7 Å². The van der Waals surface area contributed by atoms with E-state index in [1.165, 1.54) is 31.4 Å². The van der Waals surface area contributed by atoms with E-state index in [4.69, 9.17) is 16.3 Å². The van der Waals surface area contributed by atoms with Gasteiger partial charge in [-0.25, -0.2) is 8.42 Å². The lowest BCUT2D eigenvalue weighted by Gasteiger charge is -2.16. The van der Waals surface area contributed by atoms with Crippen molar-refractivity contribution in [2.75, 3.05) is 23.7 Å². The second-order valence-electron chi connectivity index (χ2n) is 7.92. The molecule has 0 radical (unpaired) electrons. The van der Waals surface area contributed by atoms with Gasteiger partial charge in [0.05, 0.1) is 29.7 Å². The van der Waals surface area contributed by atoms with E-state index in [1.54, 1.807) is 18.2 Å². The number of halogens is 1. The summed E-state index contributed by atoms with van der Waals surface area (Å²) in [7, 11) is -2.71. The van der Waals surface area contributed by atoms with E-state index in [-0.39, 0.29) is 33.1 Å². The predicted octanol–water partition coefficient (Wildman–Crippen LogP) is 3.04. The molecule has 2 aromatic rings. The first-order chi connectivity index (χ1) is 16.2. The van der Waals surface area contributed by atoms with E-state index in [0.29, 0.717) is 18.6 Å². The molecule has 1 aliphatic heterocycles. The van der Waals surface area contributed by atoms with Crippen molar-refractivity contribution < 1.29 is 27.5 Å². The summed E-state index contributed by atoms with van der Waals surface area (Å²) >= 11 is 6.14. The van der Waals surface area contributed by atoms with Gasteiger partial charge >= 0.3 is 0 Å². The highest BCUT2D eigenvalue weighted by Crippen LogP contribution is 2.35. The number of allylic oxidation sites excluding steroid dienone is 2. The number of likely N-dealkylation sites (tertiary alicyclic amines) is 1. The van der Waals surface area contributed by atoms with E-state index >= 15 is 0 Å². The highest BCUT2D eigenvalue weighted by molar-refractivity contribution is 7.92. The largest absolute Gasteiger partial charge is 0.495 e. The first-order valence-corrected chi connectivity index (χ1v) is 12.3. The summed E-state index contributed by atoms with van der Waals surface area (Å²) in [6, 6.07) is 10.4. The first kappa shape index (κ1) is 23.8. The molecular formula is C23H22ClN3O6S. The molecule has 2 aliphatic rings. The van der Waals surface area contributed by atoms with Gasteiger partial charge in [-0.1, -0.05) is 35.9 Å². The van der Waals surface area contributed by atoms with Crippen LogP contribution in [-0.4, -0.2) is 44.7 Å². The molecule has 0 saturated carbocycles. The molecule has 4 rings (SSSR count). The summed E-state index contributed by atoms with van der Waals surface area (Å²) in [5.74, 6) is -1.90. The molecule has 1 saturated heterocycles. The second kappa shape index (κ2) is 9.47. The number of para-hydroxylation sites is 2. The lowest BCUT2D eigenvalue weighted by molar-refractivity contribution is -0.142. The number of nitrogens with one attached hydrogen (secondary N) is 2. The monoisotopic (exact) mass is 503 g/mol. The molecule has 34 heavy (non-hydrogen) atoms. The SMILES string of the molecule is COc1ccccc1NS(=O)(=O)c1cc(NC(=O)CN2C(=O)[C@H]3CC=CC[C@H]3C2=O)ccc1Cl. The molecule has 0 aromatic heterocycles. The molecule has 1 fully saturated rings. The Hall–Kier alpha value is -3.37. The number of hydrogen-bond donors (Lipinski definition) is 2. The number of nitrogens with zero attached hydrogens (tertiary/aromatic N) is 1. The Morgan fingerprint density at radius 2 is 1.74 bits per heavy atom. The van der Waals surface area contributed by atoms with Gasteiger partial charge in [0.1, 0.15) is 17.2 Å². The maximum absolute atomic E-state index is 13.0. The zero-order valence-corrected chi connectivity index (χ0v) is 19.7. The summed E-state index contributed by atoms with van der Waals surface area (Å²) in [6.07, 6.45) is 4.69. The van der Waals surface area contributed by atoms with Crippen molar-refractivity contribution in [1.29, 1.82) is 0 Å². The zero-order chi connectivity index (χ0) is 24.5. The summed E-state index contributed by atoms with van der Waals surface area (Å²) in [4.78, 5) is 38.4. The highest BCUT2D eigenvalue weighted by atomic mass is 35.5.